The summed E-state index contributed by atoms with van der Waals surface area (Å²) < 4.78 is 15.3. The Bertz CT molecular complexity index is 690. The van der Waals surface area contributed by atoms with E-state index < -0.39 is 18.3 Å². The minimum atomic E-state index is -0.682. The SMILES string of the molecule is COCc1cccc(C[C@H](O)/C=C/[C@H]2[C@H](O)CC(O)[C@@H]2CCOCCCC(=O)OC)c1. The number of carbonyl (C=O) groups is 1. The van der Waals surface area contributed by atoms with Crippen molar-refractivity contribution >= 4 is 5.97 Å². The Morgan fingerprint density at radius 3 is 2.71 bits per heavy atom. The number of hydrogen-bond acceptors (Lipinski definition) is 7. The lowest BCUT2D eigenvalue weighted by molar-refractivity contribution is -0.141. The van der Waals surface area contributed by atoms with Crippen molar-refractivity contribution in [2.75, 3.05) is 27.4 Å². The van der Waals surface area contributed by atoms with Gasteiger partial charge in [0, 0.05) is 45.5 Å². The van der Waals surface area contributed by atoms with Gasteiger partial charge in [-0.05, 0) is 29.9 Å². The summed E-state index contributed by atoms with van der Waals surface area (Å²) in [4.78, 5) is 11.1. The van der Waals surface area contributed by atoms with Crippen LogP contribution in [0.2, 0.25) is 0 Å². The summed E-state index contributed by atoms with van der Waals surface area (Å²) in [5.74, 6) is -0.626. The van der Waals surface area contributed by atoms with Crippen LogP contribution in [0.5, 0.6) is 0 Å². The van der Waals surface area contributed by atoms with E-state index in [0.29, 0.717) is 51.9 Å². The molecule has 1 unspecified atom stereocenters. The van der Waals surface area contributed by atoms with Crippen LogP contribution in [0.1, 0.15) is 36.8 Å². The van der Waals surface area contributed by atoms with E-state index in [1.807, 2.05) is 30.3 Å². The molecule has 0 bridgehead atoms. The molecule has 1 aliphatic rings. The van der Waals surface area contributed by atoms with Crippen LogP contribution in [-0.2, 0) is 32.0 Å². The molecule has 1 fully saturated rings. The lowest BCUT2D eigenvalue weighted by Gasteiger charge is -2.21. The zero-order valence-corrected chi connectivity index (χ0v) is 18.5. The first-order valence-corrected chi connectivity index (χ1v) is 10.9. The highest BCUT2D eigenvalue weighted by atomic mass is 16.5. The van der Waals surface area contributed by atoms with Gasteiger partial charge in [0.1, 0.15) is 0 Å². The van der Waals surface area contributed by atoms with Crippen LogP contribution in [0.15, 0.2) is 36.4 Å². The van der Waals surface area contributed by atoms with Crippen molar-refractivity contribution < 1.29 is 34.3 Å². The van der Waals surface area contributed by atoms with Gasteiger partial charge in [-0.25, -0.2) is 0 Å². The minimum Gasteiger partial charge on any atom is -0.469 e. The Morgan fingerprint density at radius 1 is 1.19 bits per heavy atom. The Labute approximate surface area is 184 Å². The van der Waals surface area contributed by atoms with Gasteiger partial charge in [0.25, 0.3) is 0 Å². The lowest BCUT2D eigenvalue weighted by Crippen LogP contribution is -2.23. The van der Waals surface area contributed by atoms with Crippen molar-refractivity contribution in [3.63, 3.8) is 0 Å². The first-order valence-electron chi connectivity index (χ1n) is 10.9. The molecule has 1 aromatic carbocycles. The lowest BCUT2D eigenvalue weighted by atomic mass is 9.90. The van der Waals surface area contributed by atoms with Crippen LogP contribution in [-0.4, -0.2) is 67.0 Å². The molecule has 0 spiro atoms. The summed E-state index contributed by atoms with van der Waals surface area (Å²) in [5, 5.41) is 31.1. The Balaban J connectivity index is 1.82. The van der Waals surface area contributed by atoms with E-state index in [0.717, 1.165) is 11.1 Å². The van der Waals surface area contributed by atoms with Crippen molar-refractivity contribution in [3.05, 3.63) is 47.5 Å². The molecule has 1 aromatic rings. The highest BCUT2D eigenvalue weighted by Gasteiger charge is 2.39. The van der Waals surface area contributed by atoms with E-state index in [-0.39, 0.29) is 17.8 Å². The van der Waals surface area contributed by atoms with Gasteiger partial charge in [0.05, 0.1) is 32.0 Å². The van der Waals surface area contributed by atoms with Gasteiger partial charge < -0.3 is 29.5 Å². The van der Waals surface area contributed by atoms with Gasteiger partial charge in [-0.2, -0.15) is 0 Å². The van der Waals surface area contributed by atoms with E-state index in [1.165, 1.54) is 7.11 Å². The van der Waals surface area contributed by atoms with Crippen molar-refractivity contribution in [2.24, 2.45) is 11.8 Å². The zero-order chi connectivity index (χ0) is 22.6. The number of hydrogen-bond donors (Lipinski definition) is 3. The van der Waals surface area contributed by atoms with Crippen LogP contribution >= 0.6 is 0 Å². The molecule has 1 aliphatic carbocycles. The fourth-order valence-corrected chi connectivity index (χ4v) is 4.10. The number of esters is 1. The maximum absolute atomic E-state index is 11.1. The molecule has 0 amide bonds. The molecule has 31 heavy (non-hydrogen) atoms. The second kappa shape index (κ2) is 13.6. The third-order valence-electron chi connectivity index (χ3n) is 5.71. The van der Waals surface area contributed by atoms with E-state index in [2.05, 4.69) is 4.74 Å². The highest BCUT2D eigenvalue weighted by Crippen LogP contribution is 2.36. The predicted molar refractivity (Wildman–Crippen MR) is 116 cm³/mol. The van der Waals surface area contributed by atoms with Gasteiger partial charge in [-0.3, -0.25) is 4.79 Å². The van der Waals surface area contributed by atoms with Crippen molar-refractivity contribution in [3.8, 4) is 0 Å². The van der Waals surface area contributed by atoms with Gasteiger partial charge in [0.2, 0.25) is 0 Å². The van der Waals surface area contributed by atoms with E-state index >= 15 is 0 Å². The first-order chi connectivity index (χ1) is 14.9. The summed E-state index contributed by atoms with van der Waals surface area (Å²) >= 11 is 0. The second-order valence-corrected chi connectivity index (χ2v) is 8.10. The third-order valence-corrected chi connectivity index (χ3v) is 5.71. The van der Waals surface area contributed by atoms with Crippen LogP contribution in [0, 0.1) is 11.8 Å². The summed E-state index contributed by atoms with van der Waals surface area (Å²) in [5.41, 5.74) is 2.06. The molecule has 2 rings (SSSR count). The summed E-state index contributed by atoms with van der Waals surface area (Å²) in [6.45, 7) is 1.41. The van der Waals surface area contributed by atoms with Crippen LogP contribution in [0.25, 0.3) is 0 Å². The smallest absolute Gasteiger partial charge is 0.305 e. The Morgan fingerprint density at radius 2 is 1.97 bits per heavy atom. The standard InChI is InChI=1S/C24H36O7/c1-29-16-18-6-3-5-17(13-18)14-19(25)8-9-20-21(23(27)15-22(20)26)10-12-31-11-4-7-24(28)30-2/h3,5-6,8-9,13,19-23,25-27H,4,7,10-12,14-16H2,1-2H3/b9-8+/t19-,20-,21-,22-,23?/m1/s1. The monoisotopic (exact) mass is 436 g/mol. The minimum absolute atomic E-state index is 0.135. The normalized spacial score (nSPS) is 24.5. The Kier molecular flexibility index (Phi) is 11.2. The number of benzene rings is 1. The quantitative estimate of drug-likeness (QED) is 0.247. The summed E-state index contributed by atoms with van der Waals surface area (Å²) in [6, 6.07) is 7.89. The number of aliphatic hydroxyl groups is 3. The number of ether oxygens (including phenoxy) is 3. The Hall–Kier alpha value is -1.77. The number of rotatable bonds is 13. The molecule has 0 saturated heterocycles. The predicted octanol–water partition coefficient (Wildman–Crippen LogP) is 2.01. The first kappa shape index (κ1) is 25.5. The molecular formula is C24H36O7. The summed E-state index contributed by atoms with van der Waals surface area (Å²) in [6.07, 6.45) is 3.89. The van der Waals surface area contributed by atoms with Gasteiger partial charge >= 0.3 is 5.97 Å². The molecule has 3 N–H and O–H groups in total. The molecular weight excluding hydrogens is 400 g/mol. The fraction of sp³-hybridized carbons (Fsp3) is 0.625. The molecule has 174 valence electrons. The molecule has 5 atom stereocenters. The second-order valence-electron chi connectivity index (χ2n) is 8.10. The zero-order valence-electron chi connectivity index (χ0n) is 18.5. The maximum Gasteiger partial charge on any atom is 0.305 e. The molecule has 0 heterocycles. The van der Waals surface area contributed by atoms with Crippen molar-refractivity contribution in [1.82, 2.24) is 0 Å². The van der Waals surface area contributed by atoms with Gasteiger partial charge in [0.15, 0.2) is 0 Å². The molecule has 0 aliphatic heterocycles. The molecule has 1 saturated carbocycles. The van der Waals surface area contributed by atoms with E-state index in [9.17, 15) is 20.1 Å². The third kappa shape index (κ3) is 8.71. The molecule has 0 radical (unpaired) electrons. The van der Waals surface area contributed by atoms with Crippen molar-refractivity contribution in [2.45, 2.75) is 57.0 Å². The van der Waals surface area contributed by atoms with Crippen LogP contribution in [0.4, 0.5) is 0 Å². The van der Waals surface area contributed by atoms with Crippen LogP contribution in [0.3, 0.4) is 0 Å². The highest BCUT2D eigenvalue weighted by molar-refractivity contribution is 5.68. The number of carbonyl (C=O) groups excluding carboxylic acids is 1. The van der Waals surface area contributed by atoms with E-state index in [1.54, 1.807) is 13.2 Å². The largest absolute Gasteiger partial charge is 0.469 e. The fourth-order valence-electron chi connectivity index (χ4n) is 4.10. The molecule has 7 heteroatoms. The van der Waals surface area contributed by atoms with Crippen LogP contribution < -0.4 is 0 Å². The number of aliphatic hydroxyl groups excluding tert-OH is 3. The van der Waals surface area contributed by atoms with E-state index in [4.69, 9.17) is 9.47 Å². The number of methoxy groups -OCH3 is 2. The summed E-state index contributed by atoms with van der Waals surface area (Å²) in [7, 11) is 3.01. The van der Waals surface area contributed by atoms with Gasteiger partial charge in [-0.1, -0.05) is 36.4 Å². The van der Waals surface area contributed by atoms with Crippen molar-refractivity contribution in [1.29, 1.82) is 0 Å². The average Bonchev–Trinajstić information content (AvgIpc) is 3.01. The maximum atomic E-state index is 11.1. The average molecular weight is 437 g/mol. The topological polar surface area (TPSA) is 105 Å². The molecule has 7 nitrogen and oxygen atoms in total. The van der Waals surface area contributed by atoms with Gasteiger partial charge in [-0.15, -0.1) is 0 Å². The molecule has 0 aromatic heterocycles.